The maximum absolute atomic E-state index is 12.4. The zero-order valence-electron chi connectivity index (χ0n) is 7.85. The molecule has 16 heavy (non-hydrogen) atoms. The summed E-state index contributed by atoms with van der Waals surface area (Å²) in [5.41, 5.74) is 6.29. The molecule has 0 aliphatic heterocycles. The number of pyridine rings is 1. The van der Waals surface area contributed by atoms with Crippen LogP contribution in [0.2, 0.25) is 0 Å². The Balaban J connectivity index is 3.46. The van der Waals surface area contributed by atoms with Crippen molar-refractivity contribution in [3.05, 3.63) is 23.0 Å². The van der Waals surface area contributed by atoms with Crippen molar-refractivity contribution in [2.45, 2.75) is 19.1 Å². The van der Waals surface area contributed by atoms with E-state index in [1.165, 1.54) is 0 Å². The van der Waals surface area contributed by atoms with Gasteiger partial charge in [-0.05, 0) is 6.07 Å². The summed E-state index contributed by atoms with van der Waals surface area (Å²) in [4.78, 5) is 3.14. The van der Waals surface area contributed by atoms with Crippen LogP contribution in [0.25, 0.3) is 0 Å². The number of anilines is 1. The van der Waals surface area contributed by atoms with E-state index in [2.05, 4.69) is 4.98 Å². The van der Waals surface area contributed by atoms with Crippen LogP contribution < -0.4 is 11.5 Å². The molecule has 1 heterocycles. The molecule has 0 saturated carbocycles. The Morgan fingerprint density at radius 3 is 2.25 bits per heavy atom. The van der Waals surface area contributed by atoms with E-state index < -0.39 is 29.5 Å². The van der Waals surface area contributed by atoms with Crippen LogP contribution in [0.5, 0.6) is 0 Å². The van der Waals surface area contributed by atoms with Gasteiger partial charge in [-0.15, -0.1) is 0 Å². The fourth-order valence-corrected chi connectivity index (χ4v) is 1.21. The lowest BCUT2D eigenvalue weighted by Gasteiger charge is -2.15. The minimum absolute atomic E-state index is 0.110. The van der Waals surface area contributed by atoms with Gasteiger partial charge in [0.1, 0.15) is 11.3 Å². The van der Waals surface area contributed by atoms with Crippen LogP contribution in [-0.2, 0) is 12.7 Å². The summed E-state index contributed by atoms with van der Waals surface area (Å²) in [5, 5.41) is 0. The lowest BCUT2D eigenvalue weighted by molar-refractivity contribution is -0.139. The molecule has 0 amide bonds. The maximum Gasteiger partial charge on any atom is 0.420 e. The molecule has 0 fully saturated rings. The average molecular weight is 241 g/mol. The van der Waals surface area contributed by atoms with Crippen molar-refractivity contribution in [3.8, 4) is 0 Å². The van der Waals surface area contributed by atoms with Crippen LogP contribution in [0.3, 0.4) is 0 Å². The van der Waals surface area contributed by atoms with Crippen LogP contribution in [-0.4, -0.2) is 4.98 Å². The quantitative estimate of drug-likeness (QED) is 0.779. The molecule has 0 saturated heterocycles. The van der Waals surface area contributed by atoms with Gasteiger partial charge in [0, 0.05) is 12.2 Å². The smallest absolute Gasteiger partial charge is 0.398 e. The van der Waals surface area contributed by atoms with Crippen molar-refractivity contribution < 1.29 is 22.0 Å². The number of nitrogen functional groups attached to an aromatic ring is 1. The average Bonchev–Trinajstić information content (AvgIpc) is 2.14. The fraction of sp³-hybridized carbons (Fsp3) is 0.375. The second-order valence-corrected chi connectivity index (χ2v) is 2.97. The highest BCUT2D eigenvalue weighted by molar-refractivity contribution is 5.52. The van der Waals surface area contributed by atoms with Gasteiger partial charge in [0.15, 0.2) is 0 Å². The highest BCUT2D eigenvalue weighted by atomic mass is 19.4. The number of alkyl halides is 5. The zero-order chi connectivity index (χ0) is 12.5. The van der Waals surface area contributed by atoms with Gasteiger partial charge in [-0.25, -0.2) is 13.8 Å². The second kappa shape index (κ2) is 4.20. The first-order valence-electron chi connectivity index (χ1n) is 4.12. The Hall–Kier alpha value is -1.44. The third kappa shape index (κ3) is 2.38. The first-order valence-corrected chi connectivity index (χ1v) is 4.12. The van der Waals surface area contributed by atoms with Gasteiger partial charge >= 0.3 is 6.18 Å². The summed E-state index contributed by atoms with van der Waals surface area (Å²) in [5.74, 6) is 0. The minimum atomic E-state index is -4.96. The van der Waals surface area contributed by atoms with E-state index >= 15 is 0 Å². The molecule has 1 rings (SSSR count). The van der Waals surface area contributed by atoms with Gasteiger partial charge in [0.2, 0.25) is 0 Å². The second-order valence-electron chi connectivity index (χ2n) is 2.97. The first kappa shape index (κ1) is 12.6. The summed E-state index contributed by atoms with van der Waals surface area (Å²) in [7, 11) is 0. The molecule has 0 radical (unpaired) electrons. The Bertz CT molecular complexity index is 388. The molecule has 1 aromatic rings. The number of halogens is 5. The van der Waals surface area contributed by atoms with Gasteiger partial charge in [-0.2, -0.15) is 13.2 Å². The lowest BCUT2D eigenvalue weighted by atomic mass is 10.1. The van der Waals surface area contributed by atoms with Gasteiger partial charge in [0.25, 0.3) is 6.43 Å². The van der Waals surface area contributed by atoms with Crippen LogP contribution >= 0.6 is 0 Å². The number of hydrogen-bond donors (Lipinski definition) is 2. The monoisotopic (exact) mass is 241 g/mol. The van der Waals surface area contributed by atoms with Crippen molar-refractivity contribution in [1.82, 2.24) is 4.98 Å². The molecule has 4 N–H and O–H groups in total. The van der Waals surface area contributed by atoms with Crippen LogP contribution in [0.4, 0.5) is 27.6 Å². The Morgan fingerprint density at radius 2 is 1.88 bits per heavy atom. The standard InChI is InChI=1S/C8H8F5N3/c9-7(10)6-5(8(11,12)13)4(15)1-3(2-14)16-6/h1,7H,2,14H2,(H2,15,16). The van der Waals surface area contributed by atoms with E-state index in [4.69, 9.17) is 11.5 Å². The molecule has 0 unspecified atom stereocenters. The molecule has 0 aromatic carbocycles. The molecule has 0 bridgehead atoms. The maximum atomic E-state index is 12.4. The minimum Gasteiger partial charge on any atom is -0.398 e. The number of aromatic nitrogens is 1. The highest BCUT2D eigenvalue weighted by Gasteiger charge is 2.39. The van der Waals surface area contributed by atoms with Crippen LogP contribution in [0.1, 0.15) is 23.4 Å². The third-order valence-electron chi connectivity index (χ3n) is 1.83. The highest BCUT2D eigenvalue weighted by Crippen LogP contribution is 2.39. The third-order valence-corrected chi connectivity index (χ3v) is 1.83. The van der Waals surface area contributed by atoms with Crippen molar-refractivity contribution in [1.29, 1.82) is 0 Å². The van der Waals surface area contributed by atoms with E-state index in [-0.39, 0.29) is 12.2 Å². The Kier molecular flexibility index (Phi) is 3.32. The number of hydrogen-bond acceptors (Lipinski definition) is 3. The van der Waals surface area contributed by atoms with Crippen molar-refractivity contribution in [3.63, 3.8) is 0 Å². The SMILES string of the molecule is NCc1cc(N)c(C(F)(F)F)c(C(F)F)n1. The molecule has 8 heteroatoms. The summed E-state index contributed by atoms with van der Waals surface area (Å²) in [6.45, 7) is -0.262. The van der Waals surface area contributed by atoms with E-state index in [9.17, 15) is 22.0 Å². The van der Waals surface area contributed by atoms with Gasteiger partial charge in [-0.1, -0.05) is 0 Å². The van der Waals surface area contributed by atoms with Gasteiger partial charge < -0.3 is 11.5 Å². The molecular formula is C8H8F5N3. The normalized spacial score (nSPS) is 12.2. The molecule has 0 aliphatic rings. The van der Waals surface area contributed by atoms with Gasteiger partial charge in [-0.3, -0.25) is 0 Å². The molecular weight excluding hydrogens is 233 g/mol. The molecule has 1 aromatic heterocycles. The van der Waals surface area contributed by atoms with Gasteiger partial charge in [0.05, 0.1) is 5.69 Å². The summed E-state index contributed by atoms with van der Waals surface area (Å²) >= 11 is 0. The molecule has 90 valence electrons. The molecule has 3 nitrogen and oxygen atoms in total. The van der Waals surface area contributed by atoms with E-state index in [0.29, 0.717) is 0 Å². The first-order chi connectivity index (χ1) is 7.27. The predicted octanol–water partition coefficient (Wildman–Crippen LogP) is 2.08. The van der Waals surface area contributed by atoms with E-state index in [1.54, 1.807) is 0 Å². The van der Waals surface area contributed by atoms with Crippen molar-refractivity contribution >= 4 is 5.69 Å². The Morgan fingerprint density at radius 1 is 1.31 bits per heavy atom. The van der Waals surface area contributed by atoms with Crippen molar-refractivity contribution in [2.24, 2.45) is 5.73 Å². The number of rotatable bonds is 2. The van der Waals surface area contributed by atoms with Crippen LogP contribution in [0.15, 0.2) is 6.07 Å². The van der Waals surface area contributed by atoms with Crippen LogP contribution in [0, 0.1) is 0 Å². The lowest BCUT2D eigenvalue weighted by Crippen LogP contribution is -2.16. The summed E-state index contributed by atoms with van der Waals surface area (Å²) < 4.78 is 62.1. The summed E-state index contributed by atoms with van der Waals surface area (Å²) in [6.07, 6.45) is -8.32. The summed E-state index contributed by atoms with van der Waals surface area (Å²) in [6, 6.07) is 0.842. The fourth-order valence-electron chi connectivity index (χ4n) is 1.21. The largest absolute Gasteiger partial charge is 0.420 e. The topological polar surface area (TPSA) is 64.9 Å². The molecule has 0 spiro atoms. The Labute approximate surface area is 87.3 Å². The van der Waals surface area contributed by atoms with E-state index in [0.717, 1.165) is 6.07 Å². The van der Waals surface area contributed by atoms with E-state index in [1.807, 2.05) is 0 Å². The molecule has 0 atom stereocenters. The molecule has 0 aliphatic carbocycles. The predicted molar refractivity (Wildman–Crippen MR) is 46.5 cm³/mol. The number of nitrogens with two attached hydrogens (primary N) is 2. The van der Waals surface area contributed by atoms with Crippen molar-refractivity contribution in [2.75, 3.05) is 5.73 Å². The number of nitrogens with zero attached hydrogens (tertiary/aromatic N) is 1. The zero-order valence-corrected chi connectivity index (χ0v) is 7.85.